The molecule has 1 aliphatic heterocycles. The third-order valence-corrected chi connectivity index (χ3v) is 4.11. The minimum Gasteiger partial charge on any atom is -0.444 e. The molecule has 1 saturated heterocycles. The summed E-state index contributed by atoms with van der Waals surface area (Å²) in [6.45, 7) is 11.5. The van der Waals surface area contributed by atoms with Crippen molar-refractivity contribution in [1.82, 2.24) is 4.90 Å². The van der Waals surface area contributed by atoms with Gasteiger partial charge in [0.2, 0.25) is 0 Å². The number of ether oxygens (including phenoxy) is 1. The number of rotatable bonds is 3. The van der Waals surface area contributed by atoms with Crippen LogP contribution in [0.15, 0.2) is 24.3 Å². The molecule has 128 valence electrons. The van der Waals surface area contributed by atoms with Gasteiger partial charge in [0, 0.05) is 31.9 Å². The van der Waals surface area contributed by atoms with Crippen LogP contribution in [0.4, 0.5) is 10.5 Å². The number of nitrogens with zero attached hydrogens (tertiary/aromatic N) is 2. The molecule has 1 amide bonds. The lowest BCUT2D eigenvalue weighted by Gasteiger charge is -2.36. The van der Waals surface area contributed by atoms with Gasteiger partial charge in [-0.2, -0.15) is 0 Å². The van der Waals surface area contributed by atoms with Crippen molar-refractivity contribution in [3.63, 3.8) is 0 Å². The molecule has 0 aliphatic carbocycles. The standard InChI is InChI=1S/C18H29N3O2/c1-14(13-19)15-5-7-16(8-6-15)20-9-11-21(12-10-20)17(22)23-18(2,3)4/h5-8,14H,9-13,19H2,1-4H3. The first-order valence-corrected chi connectivity index (χ1v) is 8.33. The smallest absolute Gasteiger partial charge is 0.410 e. The summed E-state index contributed by atoms with van der Waals surface area (Å²) in [7, 11) is 0. The Bertz CT molecular complexity index is 514. The van der Waals surface area contributed by atoms with Crippen LogP contribution in [0, 0.1) is 0 Å². The monoisotopic (exact) mass is 319 g/mol. The molecule has 5 nitrogen and oxygen atoms in total. The van der Waals surface area contributed by atoms with Crippen molar-refractivity contribution >= 4 is 11.8 Å². The molecule has 0 spiro atoms. The zero-order valence-electron chi connectivity index (χ0n) is 14.7. The molecule has 0 saturated carbocycles. The maximum Gasteiger partial charge on any atom is 0.410 e. The number of carbonyl (C=O) groups excluding carboxylic acids is 1. The minimum atomic E-state index is -0.441. The average molecular weight is 319 g/mol. The highest BCUT2D eigenvalue weighted by Crippen LogP contribution is 2.21. The topological polar surface area (TPSA) is 58.8 Å². The van der Waals surface area contributed by atoms with Crippen LogP contribution in [0.3, 0.4) is 0 Å². The highest BCUT2D eigenvalue weighted by atomic mass is 16.6. The number of anilines is 1. The molecule has 0 aromatic heterocycles. The van der Waals surface area contributed by atoms with Gasteiger partial charge in [-0.25, -0.2) is 4.79 Å². The molecule has 0 radical (unpaired) electrons. The Labute approximate surface area is 139 Å². The summed E-state index contributed by atoms with van der Waals surface area (Å²) >= 11 is 0. The SMILES string of the molecule is CC(CN)c1ccc(N2CCN(C(=O)OC(C)(C)C)CC2)cc1. The summed E-state index contributed by atoms with van der Waals surface area (Å²) in [4.78, 5) is 16.2. The third-order valence-electron chi connectivity index (χ3n) is 4.11. The van der Waals surface area contributed by atoms with Crippen LogP contribution in [0.25, 0.3) is 0 Å². The summed E-state index contributed by atoms with van der Waals surface area (Å²) < 4.78 is 5.43. The van der Waals surface area contributed by atoms with E-state index in [0.717, 1.165) is 13.1 Å². The molecular formula is C18H29N3O2. The number of hydrogen-bond donors (Lipinski definition) is 1. The largest absolute Gasteiger partial charge is 0.444 e. The summed E-state index contributed by atoms with van der Waals surface area (Å²) in [5, 5.41) is 0. The Morgan fingerprint density at radius 2 is 1.74 bits per heavy atom. The Kier molecular flexibility index (Phi) is 5.52. The van der Waals surface area contributed by atoms with Gasteiger partial charge in [-0.15, -0.1) is 0 Å². The average Bonchev–Trinajstić information content (AvgIpc) is 2.53. The van der Waals surface area contributed by atoms with Crippen LogP contribution >= 0.6 is 0 Å². The zero-order valence-corrected chi connectivity index (χ0v) is 14.7. The van der Waals surface area contributed by atoms with Gasteiger partial charge in [-0.05, 0) is 50.9 Å². The minimum absolute atomic E-state index is 0.218. The Morgan fingerprint density at radius 3 is 2.22 bits per heavy atom. The molecule has 2 N–H and O–H groups in total. The Morgan fingerprint density at radius 1 is 1.17 bits per heavy atom. The predicted octanol–water partition coefficient (Wildman–Crippen LogP) is 2.81. The summed E-state index contributed by atoms with van der Waals surface area (Å²) in [5.74, 6) is 0.382. The van der Waals surface area contributed by atoms with Gasteiger partial charge in [0.1, 0.15) is 5.60 Å². The van der Waals surface area contributed by atoms with Crippen molar-refractivity contribution in [3.05, 3.63) is 29.8 Å². The highest BCUT2D eigenvalue weighted by Gasteiger charge is 2.25. The second kappa shape index (κ2) is 7.21. The fourth-order valence-corrected chi connectivity index (χ4v) is 2.62. The quantitative estimate of drug-likeness (QED) is 0.931. The van der Waals surface area contributed by atoms with Crippen LogP contribution in [0.5, 0.6) is 0 Å². The van der Waals surface area contributed by atoms with Crippen molar-refractivity contribution in [2.75, 3.05) is 37.6 Å². The molecule has 2 rings (SSSR count). The van der Waals surface area contributed by atoms with Gasteiger partial charge in [0.05, 0.1) is 0 Å². The maximum atomic E-state index is 12.1. The van der Waals surface area contributed by atoms with E-state index in [1.54, 1.807) is 4.90 Å². The number of carbonyl (C=O) groups is 1. The zero-order chi connectivity index (χ0) is 17.0. The van der Waals surface area contributed by atoms with E-state index in [1.165, 1.54) is 11.3 Å². The van der Waals surface area contributed by atoms with Gasteiger partial charge >= 0.3 is 6.09 Å². The molecule has 1 aliphatic rings. The van der Waals surface area contributed by atoms with Crippen molar-refractivity contribution < 1.29 is 9.53 Å². The molecular weight excluding hydrogens is 290 g/mol. The second-order valence-corrected chi connectivity index (χ2v) is 7.18. The number of hydrogen-bond acceptors (Lipinski definition) is 4. The van der Waals surface area contributed by atoms with E-state index in [4.69, 9.17) is 10.5 Å². The lowest BCUT2D eigenvalue weighted by atomic mass is 10.0. The first-order valence-electron chi connectivity index (χ1n) is 8.33. The molecule has 1 aromatic carbocycles. The first kappa shape index (κ1) is 17.6. The van der Waals surface area contributed by atoms with Crippen LogP contribution < -0.4 is 10.6 Å². The van der Waals surface area contributed by atoms with Crippen molar-refractivity contribution in [2.24, 2.45) is 5.73 Å². The summed E-state index contributed by atoms with van der Waals surface area (Å²) in [6, 6.07) is 8.58. The highest BCUT2D eigenvalue weighted by molar-refractivity contribution is 5.68. The first-order chi connectivity index (χ1) is 10.8. The molecule has 1 aromatic rings. The fourth-order valence-electron chi connectivity index (χ4n) is 2.62. The lowest BCUT2D eigenvalue weighted by molar-refractivity contribution is 0.0240. The van der Waals surface area contributed by atoms with Crippen molar-refractivity contribution in [2.45, 2.75) is 39.2 Å². The molecule has 1 fully saturated rings. The van der Waals surface area contributed by atoms with Crippen LogP contribution in [-0.4, -0.2) is 49.3 Å². The summed E-state index contributed by atoms with van der Waals surface area (Å²) in [5.41, 5.74) is 7.74. The van der Waals surface area contributed by atoms with Crippen LogP contribution in [-0.2, 0) is 4.74 Å². The van der Waals surface area contributed by atoms with E-state index >= 15 is 0 Å². The van der Waals surface area contributed by atoms with E-state index in [1.807, 2.05) is 20.8 Å². The Hall–Kier alpha value is -1.75. The molecule has 1 atom stereocenters. The van der Waals surface area contributed by atoms with Crippen molar-refractivity contribution in [1.29, 1.82) is 0 Å². The number of piperazine rings is 1. The number of amides is 1. The molecule has 23 heavy (non-hydrogen) atoms. The van der Waals surface area contributed by atoms with Gasteiger partial charge < -0.3 is 20.3 Å². The van der Waals surface area contributed by atoms with E-state index in [2.05, 4.69) is 36.1 Å². The summed E-state index contributed by atoms with van der Waals surface area (Å²) in [6.07, 6.45) is -0.218. The van der Waals surface area contributed by atoms with E-state index in [-0.39, 0.29) is 6.09 Å². The van der Waals surface area contributed by atoms with E-state index in [0.29, 0.717) is 25.6 Å². The van der Waals surface area contributed by atoms with Gasteiger partial charge in [-0.3, -0.25) is 0 Å². The van der Waals surface area contributed by atoms with Crippen molar-refractivity contribution in [3.8, 4) is 0 Å². The normalized spacial score (nSPS) is 17.1. The molecule has 5 heteroatoms. The van der Waals surface area contributed by atoms with E-state index in [9.17, 15) is 4.79 Å². The van der Waals surface area contributed by atoms with Gasteiger partial charge in [0.15, 0.2) is 0 Å². The molecule has 1 heterocycles. The molecule has 0 bridgehead atoms. The van der Waals surface area contributed by atoms with Gasteiger partial charge in [-0.1, -0.05) is 19.1 Å². The number of nitrogens with two attached hydrogens (primary N) is 1. The second-order valence-electron chi connectivity index (χ2n) is 7.18. The van der Waals surface area contributed by atoms with Crippen LogP contribution in [0.1, 0.15) is 39.2 Å². The third kappa shape index (κ3) is 4.86. The number of benzene rings is 1. The lowest BCUT2D eigenvalue weighted by Crippen LogP contribution is -2.50. The maximum absolute atomic E-state index is 12.1. The van der Waals surface area contributed by atoms with Crippen LogP contribution in [0.2, 0.25) is 0 Å². The van der Waals surface area contributed by atoms with E-state index < -0.39 is 5.60 Å². The molecule has 1 unspecified atom stereocenters. The Balaban J connectivity index is 1.90. The fraction of sp³-hybridized carbons (Fsp3) is 0.611. The van der Waals surface area contributed by atoms with Gasteiger partial charge in [0.25, 0.3) is 0 Å². The predicted molar refractivity (Wildman–Crippen MR) is 93.9 cm³/mol.